The third-order valence-corrected chi connectivity index (χ3v) is 4.14. The van der Waals surface area contributed by atoms with Crippen LogP contribution in [0.15, 0.2) is 10.6 Å². The first-order chi connectivity index (χ1) is 6.18. The lowest BCUT2D eigenvalue weighted by Gasteiger charge is -2.26. The van der Waals surface area contributed by atoms with Gasteiger partial charge in [0.15, 0.2) is 0 Å². The van der Waals surface area contributed by atoms with E-state index >= 15 is 0 Å². The molecule has 1 rings (SSSR count). The van der Waals surface area contributed by atoms with Gasteiger partial charge in [-0.05, 0) is 12.8 Å². The van der Waals surface area contributed by atoms with Gasteiger partial charge < -0.3 is 10.3 Å². The lowest BCUT2D eigenvalue weighted by atomic mass is 9.81. The molecule has 0 saturated heterocycles. The van der Waals surface area contributed by atoms with Gasteiger partial charge in [-0.15, -0.1) is 0 Å². The number of halogens is 1. The summed E-state index contributed by atoms with van der Waals surface area (Å²) in [4.78, 5) is 0. The molecule has 1 heterocycles. The molecule has 0 aromatic carbocycles. The summed E-state index contributed by atoms with van der Waals surface area (Å²) in [7, 11) is 0. The Morgan fingerprint density at radius 2 is 2.15 bits per heavy atom. The second kappa shape index (κ2) is 4.30. The van der Waals surface area contributed by atoms with Gasteiger partial charge in [-0.1, -0.05) is 41.6 Å². The number of anilines is 1. The Morgan fingerprint density at radius 3 is 2.46 bits per heavy atom. The van der Waals surface area contributed by atoms with Crippen LogP contribution in [0.1, 0.15) is 32.4 Å². The van der Waals surface area contributed by atoms with Crippen molar-refractivity contribution in [1.82, 2.24) is 5.16 Å². The Kier molecular flexibility index (Phi) is 3.58. The number of nitrogens with two attached hydrogens (primary N) is 1. The molecule has 0 aliphatic rings. The summed E-state index contributed by atoms with van der Waals surface area (Å²) in [5.74, 6) is 0.408. The van der Waals surface area contributed by atoms with Crippen LogP contribution in [-0.4, -0.2) is 9.58 Å². The van der Waals surface area contributed by atoms with Crippen LogP contribution in [-0.2, 0) is 5.41 Å². The fourth-order valence-electron chi connectivity index (χ4n) is 1.41. The van der Waals surface area contributed by atoms with Crippen LogP contribution in [0.25, 0.3) is 0 Å². The van der Waals surface area contributed by atoms with E-state index in [-0.39, 0.29) is 5.41 Å². The number of aromatic nitrogens is 1. The molecule has 74 valence electrons. The number of rotatable bonds is 4. The first kappa shape index (κ1) is 10.8. The molecule has 1 aromatic heterocycles. The van der Waals surface area contributed by atoms with Gasteiger partial charge >= 0.3 is 0 Å². The van der Waals surface area contributed by atoms with Gasteiger partial charge in [0.25, 0.3) is 0 Å². The highest BCUT2D eigenvalue weighted by atomic mass is 127. The summed E-state index contributed by atoms with van der Waals surface area (Å²) in [5, 5.41) is 4.00. The quantitative estimate of drug-likeness (QED) is 0.686. The molecule has 0 aliphatic carbocycles. The maximum absolute atomic E-state index is 5.51. The molecule has 13 heavy (non-hydrogen) atoms. The summed E-state index contributed by atoms with van der Waals surface area (Å²) in [6, 6.07) is 1.84. The molecule has 0 radical (unpaired) electrons. The summed E-state index contributed by atoms with van der Waals surface area (Å²) in [6.07, 6.45) is 2.14. The first-order valence-corrected chi connectivity index (χ1v) is 5.99. The van der Waals surface area contributed by atoms with Crippen molar-refractivity contribution in [2.75, 3.05) is 10.2 Å². The number of hydrogen-bond donors (Lipinski definition) is 1. The van der Waals surface area contributed by atoms with Gasteiger partial charge in [0.05, 0.1) is 5.69 Å². The number of nitrogen functional groups attached to an aromatic ring is 1. The zero-order valence-corrected chi connectivity index (χ0v) is 10.2. The smallest absolute Gasteiger partial charge is 0.222 e. The standard InChI is InChI=1S/C9H15IN2O/c1-3-9(4-2,6-10)7-5-8(11)13-12-7/h5H,3-4,6,11H2,1-2H3. The fraction of sp³-hybridized carbons (Fsp3) is 0.667. The molecule has 3 nitrogen and oxygen atoms in total. The van der Waals surface area contributed by atoms with E-state index in [1.807, 2.05) is 6.07 Å². The van der Waals surface area contributed by atoms with Crippen LogP contribution in [0.2, 0.25) is 0 Å². The van der Waals surface area contributed by atoms with Crippen molar-refractivity contribution in [2.24, 2.45) is 0 Å². The third kappa shape index (κ3) is 1.98. The van der Waals surface area contributed by atoms with E-state index in [0.717, 1.165) is 23.0 Å². The molecule has 0 bridgehead atoms. The van der Waals surface area contributed by atoms with Crippen molar-refractivity contribution >= 4 is 28.5 Å². The predicted molar refractivity (Wildman–Crippen MR) is 62.1 cm³/mol. The van der Waals surface area contributed by atoms with Crippen molar-refractivity contribution in [3.8, 4) is 0 Å². The average Bonchev–Trinajstić information content (AvgIpc) is 2.57. The largest absolute Gasteiger partial charge is 0.368 e. The highest BCUT2D eigenvalue weighted by Gasteiger charge is 2.30. The van der Waals surface area contributed by atoms with Crippen LogP contribution in [0.5, 0.6) is 0 Å². The Labute approximate surface area is 92.2 Å². The van der Waals surface area contributed by atoms with E-state index in [1.54, 1.807) is 0 Å². The Balaban J connectivity index is 3.00. The lowest BCUT2D eigenvalue weighted by Crippen LogP contribution is -2.26. The summed E-state index contributed by atoms with van der Waals surface area (Å²) < 4.78 is 5.95. The molecular weight excluding hydrogens is 279 g/mol. The van der Waals surface area contributed by atoms with Crippen LogP contribution < -0.4 is 5.73 Å². The van der Waals surface area contributed by atoms with E-state index in [4.69, 9.17) is 10.3 Å². The predicted octanol–water partition coefficient (Wildman–Crippen LogP) is 2.75. The highest BCUT2D eigenvalue weighted by molar-refractivity contribution is 14.1. The summed E-state index contributed by atoms with van der Waals surface area (Å²) >= 11 is 2.39. The Hall–Kier alpha value is -0.260. The average molecular weight is 294 g/mol. The minimum absolute atomic E-state index is 0.141. The minimum atomic E-state index is 0.141. The molecule has 0 amide bonds. The van der Waals surface area contributed by atoms with Gasteiger partial charge in [-0.25, -0.2) is 0 Å². The summed E-state index contributed by atoms with van der Waals surface area (Å²) in [5.41, 5.74) is 6.64. The van der Waals surface area contributed by atoms with E-state index < -0.39 is 0 Å². The van der Waals surface area contributed by atoms with E-state index in [2.05, 4.69) is 41.6 Å². The van der Waals surface area contributed by atoms with Gasteiger partial charge in [0, 0.05) is 15.9 Å². The molecule has 2 N–H and O–H groups in total. The van der Waals surface area contributed by atoms with Crippen LogP contribution in [0, 0.1) is 0 Å². The van der Waals surface area contributed by atoms with Crippen molar-refractivity contribution in [3.05, 3.63) is 11.8 Å². The van der Waals surface area contributed by atoms with E-state index in [0.29, 0.717) is 5.88 Å². The number of nitrogens with zero attached hydrogens (tertiary/aromatic N) is 1. The molecule has 0 saturated carbocycles. The van der Waals surface area contributed by atoms with E-state index in [9.17, 15) is 0 Å². The van der Waals surface area contributed by atoms with Crippen LogP contribution >= 0.6 is 22.6 Å². The van der Waals surface area contributed by atoms with Crippen LogP contribution in [0.4, 0.5) is 5.88 Å². The first-order valence-electron chi connectivity index (χ1n) is 4.47. The second-order valence-electron chi connectivity index (χ2n) is 3.24. The van der Waals surface area contributed by atoms with Crippen molar-refractivity contribution in [2.45, 2.75) is 32.1 Å². The molecule has 0 fully saturated rings. The molecule has 0 atom stereocenters. The Morgan fingerprint density at radius 1 is 1.54 bits per heavy atom. The lowest BCUT2D eigenvalue weighted by molar-refractivity contribution is 0.375. The minimum Gasteiger partial charge on any atom is -0.368 e. The highest BCUT2D eigenvalue weighted by Crippen LogP contribution is 2.33. The van der Waals surface area contributed by atoms with Gasteiger partial charge in [-0.2, -0.15) is 0 Å². The fourth-order valence-corrected chi connectivity index (χ4v) is 2.88. The van der Waals surface area contributed by atoms with Gasteiger partial charge in [0.1, 0.15) is 0 Å². The monoisotopic (exact) mass is 294 g/mol. The van der Waals surface area contributed by atoms with Crippen LogP contribution in [0.3, 0.4) is 0 Å². The second-order valence-corrected chi connectivity index (χ2v) is 4.00. The van der Waals surface area contributed by atoms with Crippen molar-refractivity contribution in [1.29, 1.82) is 0 Å². The maximum atomic E-state index is 5.51. The number of alkyl halides is 1. The van der Waals surface area contributed by atoms with Crippen molar-refractivity contribution < 1.29 is 4.52 Å². The zero-order valence-electron chi connectivity index (χ0n) is 8.01. The van der Waals surface area contributed by atoms with Gasteiger partial charge in [-0.3, -0.25) is 0 Å². The van der Waals surface area contributed by atoms with E-state index in [1.165, 1.54) is 0 Å². The zero-order chi connectivity index (χ0) is 9.90. The maximum Gasteiger partial charge on any atom is 0.222 e. The third-order valence-electron chi connectivity index (χ3n) is 2.68. The topological polar surface area (TPSA) is 52.0 Å². The number of hydrogen-bond acceptors (Lipinski definition) is 3. The SMILES string of the molecule is CCC(CC)(CI)c1cc(N)on1. The normalized spacial score (nSPS) is 11.9. The molecular formula is C9H15IN2O. The molecule has 4 heteroatoms. The summed E-state index contributed by atoms with van der Waals surface area (Å²) in [6.45, 7) is 4.35. The van der Waals surface area contributed by atoms with Gasteiger partial charge in [0.2, 0.25) is 5.88 Å². The molecule has 1 aromatic rings. The molecule has 0 spiro atoms. The Bertz CT molecular complexity index is 260. The van der Waals surface area contributed by atoms with Crippen molar-refractivity contribution in [3.63, 3.8) is 0 Å². The molecule has 0 unspecified atom stereocenters. The molecule has 0 aliphatic heterocycles.